The number of urea groups is 2. The van der Waals surface area contributed by atoms with Gasteiger partial charge >= 0.3 is 72.2 Å². The highest BCUT2D eigenvalue weighted by molar-refractivity contribution is 6.40. The second-order valence-electron chi connectivity index (χ2n) is 35.2. The van der Waals surface area contributed by atoms with Crippen molar-refractivity contribution in [3.8, 4) is 0 Å². The average Bonchev–Trinajstić information content (AvgIpc) is 1.65. The van der Waals surface area contributed by atoms with Crippen LogP contribution in [0, 0.1) is 34.5 Å². The number of carboxylic acids is 2. The van der Waals surface area contributed by atoms with Crippen LogP contribution in [0.2, 0.25) is 0 Å². The number of rotatable bonds is 15. The molecule has 0 saturated carbocycles. The molecule has 0 unspecified atom stereocenters. The second kappa shape index (κ2) is 50.8. The minimum atomic E-state index is -1.02. The van der Waals surface area contributed by atoms with Crippen molar-refractivity contribution in [3.63, 3.8) is 0 Å². The molecule has 10 atom stereocenters. The monoisotopic (exact) mass is 1900 g/mol. The van der Waals surface area contributed by atoms with Crippen LogP contribution in [-0.2, 0) is 74.1 Å². The number of alkyl halides is 2. The van der Waals surface area contributed by atoms with Crippen LogP contribution in [-0.4, -0.2) is 200 Å². The van der Waals surface area contributed by atoms with E-state index in [0.717, 1.165) is 35.2 Å². The zero-order valence-corrected chi connectivity index (χ0v) is 78.9. The van der Waals surface area contributed by atoms with E-state index < -0.39 is 95.6 Å². The van der Waals surface area contributed by atoms with Crippen molar-refractivity contribution in [2.24, 2.45) is 52.0 Å². The minimum Gasteiger partial charge on any atom is -0.480 e. The van der Waals surface area contributed by atoms with Crippen LogP contribution < -0.4 is 33.2 Å². The summed E-state index contributed by atoms with van der Waals surface area (Å²) in [6, 6.07) is 53.5. The number of ether oxygens (including phenoxy) is 5. The van der Waals surface area contributed by atoms with Crippen LogP contribution in [0.25, 0.3) is 32.7 Å². The van der Waals surface area contributed by atoms with Gasteiger partial charge in [-0.1, -0.05) is 211 Å². The number of aliphatic hydroxyl groups excluding tert-OH is 1. The molecule has 37 heteroatoms. The van der Waals surface area contributed by atoms with Gasteiger partial charge in [-0.05, 0) is 155 Å². The van der Waals surface area contributed by atoms with Crippen LogP contribution in [0.4, 0.5) is 50.6 Å². The molecule has 9 amide bonds. The number of nitroso groups, excluding NO2 is 1. The molecule has 35 nitrogen and oxygen atoms in total. The number of halogens is 2. The Bertz CT molecular complexity index is 5680. The van der Waals surface area contributed by atoms with Crippen LogP contribution in [0.15, 0.2) is 218 Å². The Balaban J connectivity index is 0.000000198. The first-order chi connectivity index (χ1) is 64.1. The number of para-hydroxylation sites is 3. The molecule has 15 rings (SSSR count). The van der Waals surface area contributed by atoms with Gasteiger partial charge in [0.2, 0.25) is 0 Å². The molecule has 722 valence electrons. The summed E-state index contributed by atoms with van der Waals surface area (Å²) in [5, 5.41) is 40.5. The van der Waals surface area contributed by atoms with Gasteiger partial charge in [0, 0.05) is 60.9 Å². The molecule has 0 aliphatic carbocycles. The number of amides is 9. The number of nitrogens with zero attached hydrogens (tertiary/aromatic N) is 8. The molecule has 5 aliphatic heterocycles. The van der Waals surface area contributed by atoms with Gasteiger partial charge in [0.1, 0.15) is 66.9 Å². The second-order valence-corrected chi connectivity index (χ2v) is 36.0. The fourth-order valence-corrected chi connectivity index (χ4v) is 15.5. The Morgan fingerprint density at radius 3 is 1.04 bits per heavy atom. The van der Waals surface area contributed by atoms with Crippen molar-refractivity contribution in [2.75, 3.05) is 48.7 Å². The molecule has 5 aliphatic rings. The average molecular weight is 1900 g/mol. The smallest absolute Gasteiger partial charge is 0.411 e. The highest BCUT2D eigenvalue weighted by Gasteiger charge is 2.44. The molecule has 0 spiro atoms. The van der Waals surface area contributed by atoms with Crippen LogP contribution in [0.3, 0.4) is 0 Å². The van der Waals surface area contributed by atoms with Gasteiger partial charge in [-0.15, -0.1) is 28.1 Å². The number of fused-ring (bicyclic) bond motifs is 3. The summed E-state index contributed by atoms with van der Waals surface area (Å²) in [6.07, 6.45) is 6.21. The summed E-state index contributed by atoms with van der Waals surface area (Å²) in [5.74, 6) is -1.63. The summed E-state index contributed by atoms with van der Waals surface area (Å²) in [4.78, 5) is 159. The minimum absolute atomic E-state index is 0.112. The van der Waals surface area contributed by atoms with E-state index in [1.54, 1.807) is 87.5 Å². The van der Waals surface area contributed by atoms with E-state index in [0.29, 0.717) is 108 Å². The van der Waals surface area contributed by atoms with Crippen molar-refractivity contribution in [1.29, 1.82) is 0 Å². The maximum Gasteiger partial charge on any atom is 0.411 e. The molecule has 12 N–H and O–H groups in total. The SMILES string of the molecule is C[C@@H]1CN[C@H](C(=O)OCc2ccccc2)C1.C[C@H]1C[C@@H](C(=O)O)N(C(=O)Nc2cn(C(N)=O)c3ccccc23)C1.C[C@H]1C[C@@H](C(=O)O)N(C(=O)OC(C)(C)C)C1.C[C@H]1C[C@@H](C(=O)OCc2ccccc2)N(C(=O)Nc2cn(C(N)=O)c3ccccc23)C1.C[C@H]1C[C@@H](C(=O)OCc2ccccc2)N(C(=O)OC(C)(C)C)C1.ClCCl.NC(=O)n1cc(N=O)c2ccccc21.OCc1ccccc1. The Morgan fingerprint density at radius 1 is 0.407 bits per heavy atom. The van der Waals surface area contributed by atoms with Crippen molar-refractivity contribution < 1.29 is 96.5 Å². The van der Waals surface area contributed by atoms with Crippen LogP contribution in [0.1, 0.15) is 131 Å². The quantitative estimate of drug-likeness (QED) is 0.0199. The normalized spacial score (nSPS) is 19.0. The molecular formula is C98H120Cl2N14O21. The number of aliphatic carboxylic acids is 2. The zero-order chi connectivity index (χ0) is 99.0. The number of primary amides is 3. The lowest BCUT2D eigenvalue weighted by Crippen LogP contribution is -2.44. The Hall–Kier alpha value is -13.9. The number of esters is 3. The topological polar surface area (TPSA) is 483 Å². The van der Waals surface area contributed by atoms with Crippen LogP contribution in [0.5, 0.6) is 0 Å². The highest BCUT2D eigenvalue weighted by atomic mass is 35.5. The summed E-state index contributed by atoms with van der Waals surface area (Å²) in [7, 11) is 0. The number of hydrogen-bond donors (Lipinski definition) is 9. The number of carbonyl (C=O) groups excluding carboxylic acids is 10. The molecule has 135 heavy (non-hydrogen) atoms. The third-order valence-electron chi connectivity index (χ3n) is 21.7. The number of nitrogens with one attached hydrogen (secondary N) is 3. The van der Waals surface area contributed by atoms with Gasteiger partial charge in [-0.2, -0.15) is 0 Å². The van der Waals surface area contributed by atoms with Crippen molar-refractivity contribution in [1.82, 2.24) is 38.6 Å². The molecule has 5 saturated heterocycles. The van der Waals surface area contributed by atoms with Gasteiger partial charge in [-0.25, -0.2) is 52.7 Å². The van der Waals surface area contributed by atoms with E-state index in [-0.39, 0.29) is 72.5 Å². The van der Waals surface area contributed by atoms with E-state index >= 15 is 0 Å². The standard InChI is InChI=1S/C23H24N4O4.C18H25NO4.C16H18N4O4.C13H17NO2.C11H19NO4.C9H7N3O2.C7H8O.CH2Cl2/c1-15-11-20(21(28)31-14-16-7-3-2-4-8-16)27(12-15)23(30)25-18-13-26(22(24)29)19-10-6-5-9-17(18)19;1-13-10-15(19(11-13)17(21)23-18(2,3)4)16(20)22-12-14-8-6-5-7-9-14;1-9-6-13(14(21)22)20(7-9)16(24)18-11-8-19(15(17)23)12-5-3-2-4-10(11)12;1-10-7-12(14-8-10)13(15)16-9-11-5-3-2-4-6-11;1-7-5-8(9(13)14)12(6-7)10(15)16-11(2,3)4;10-9(13)12-5-7(11-14)6-3-1-2-4-8(6)12;8-6-7-4-2-1-3-5-7;2-1-3/h2-10,13,15,20H,11-12,14H2,1H3,(H2,24,29)(H,25,30);5-9,13,15H,10-12H2,1-4H3;2-5,8-9,13H,6-7H2,1H3,(H2,17,23)(H,18,24)(H,21,22);2-6,10,12,14H,7-9H2,1H3;7-8H,5-6H2,1-4H3,(H,13,14);1-5H,(H2,10,13);1-5,8H,6H2;1H2/t15-,20-;13-,15-;9-,13-;10-,12-;7-,8-;;;/m00000.../s1. The number of aromatic nitrogens is 3. The van der Waals surface area contributed by atoms with Crippen molar-refractivity contribution >= 4 is 145 Å². The molecule has 0 radical (unpaired) electrons. The number of carbonyl (C=O) groups is 12. The fourth-order valence-electron chi connectivity index (χ4n) is 15.5. The van der Waals surface area contributed by atoms with Gasteiger partial charge in [0.15, 0.2) is 0 Å². The maximum atomic E-state index is 13.1. The van der Waals surface area contributed by atoms with Gasteiger partial charge < -0.3 is 82.0 Å². The van der Waals surface area contributed by atoms with Gasteiger partial charge in [0.25, 0.3) is 0 Å². The first-order valence-electron chi connectivity index (χ1n) is 43.9. The molecule has 10 aromatic rings. The van der Waals surface area contributed by atoms with E-state index in [1.165, 1.54) is 51.9 Å². The summed E-state index contributed by atoms with van der Waals surface area (Å²) >= 11 is 9.53. The molecule has 5 fully saturated rings. The zero-order valence-electron chi connectivity index (χ0n) is 77.3. The van der Waals surface area contributed by atoms with E-state index in [9.17, 15) is 67.5 Å². The molecule has 8 heterocycles. The first kappa shape index (κ1) is 106. The molecule has 0 bridgehead atoms. The molecule has 3 aromatic heterocycles. The Morgan fingerprint density at radius 2 is 0.704 bits per heavy atom. The first-order valence-corrected chi connectivity index (χ1v) is 44.9. The van der Waals surface area contributed by atoms with Crippen molar-refractivity contribution in [3.05, 3.63) is 240 Å². The summed E-state index contributed by atoms with van der Waals surface area (Å²) in [6.45, 7) is 24.3. The lowest BCUT2D eigenvalue weighted by molar-refractivity contribution is -0.150. The lowest BCUT2D eigenvalue weighted by atomic mass is 10.1. The highest BCUT2D eigenvalue weighted by Crippen LogP contribution is 2.34. The van der Waals surface area contributed by atoms with Crippen molar-refractivity contribution in [2.45, 2.75) is 176 Å². The maximum absolute atomic E-state index is 13.1. The predicted molar refractivity (Wildman–Crippen MR) is 512 cm³/mol. The third-order valence-corrected chi connectivity index (χ3v) is 21.7. The number of nitrogens with two attached hydrogens (primary N) is 3. The Labute approximate surface area is 792 Å². The molecular weight excluding hydrogens is 1780 g/mol. The number of hydrogen-bond acceptors (Lipinski definition) is 21. The number of carboxylic acid groups (broad SMARTS) is 2. The fraction of sp³-hybridized carbons (Fsp3) is 0.388. The van der Waals surface area contributed by atoms with Crippen LogP contribution >= 0.6 is 23.2 Å². The number of anilines is 2. The predicted octanol–water partition coefficient (Wildman–Crippen LogP) is 16.8. The van der Waals surface area contributed by atoms with Gasteiger partial charge in [0.05, 0.1) is 39.9 Å². The Kier molecular flexibility index (Phi) is 40.1. The van der Waals surface area contributed by atoms with E-state index in [2.05, 4.69) is 28.1 Å². The largest absolute Gasteiger partial charge is 0.480 e. The lowest BCUT2D eigenvalue weighted by Gasteiger charge is -2.27. The van der Waals surface area contributed by atoms with Gasteiger partial charge in [-0.3, -0.25) is 28.3 Å². The summed E-state index contributed by atoms with van der Waals surface area (Å²) < 4.78 is 30.4. The summed E-state index contributed by atoms with van der Waals surface area (Å²) in [5.41, 5.74) is 21.4. The number of aliphatic hydroxyl groups is 1. The van der Waals surface area contributed by atoms with E-state index in [1.807, 2.05) is 176 Å². The number of benzene rings is 7. The molecule has 7 aromatic carbocycles. The number of likely N-dealkylation sites (tertiary alicyclic amines) is 4. The van der Waals surface area contributed by atoms with E-state index in [4.69, 9.17) is 74.3 Å². The third kappa shape index (κ3) is 31.9.